The number of esters is 1. The summed E-state index contributed by atoms with van der Waals surface area (Å²) in [5.74, 6) is 2.48. The summed E-state index contributed by atoms with van der Waals surface area (Å²) >= 11 is 0. The van der Waals surface area contributed by atoms with E-state index >= 15 is 0 Å². The summed E-state index contributed by atoms with van der Waals surface area (Å²) < 4.78 is 5.59. The number of hydrogen-bond donors (Lipinski definition) is 1. The zero-order chi connectivity index (χ0) is 14.2. The molecule has 0 aromatic heterocycles. The Bertz CT molecular complexity index is 326. The Hall–Kier alpha value is -0.570. The van der Waals surface area contributed by atoms with Crippen LogP contribution in [0.5, 0.6) is 0 Å². The van der Waals surface area contributed by atoms with Gasteiger partial charge in [0.25, 0.3) is 0 Å². The SMILES string of the molecule is CC(O)CCCCOC(=O)C12CC3CC(CC(C3)C1)C2. The van der Waals surface area contributed by atoms with Crippen LogP contribution in [0, 0.1) is 23.2 Å². The zero-order valence-corrected chi connectivity index (χ0v) is 12.6. The van der Waals surface area contributed by atoms with Crippen LogP contribution in [-0.4, -0.2) is 23.8 Å². The average Bonchev–Trinajstić information content (AvgIpc) is 2.36. The highest BCUT2D eigenvalue weighted by Gasteiger charge is 2.55. The smallest absolute Gasteiger partial charge is 0.312 e. The first-order chi connectivity index (χ1) is 9.57. The highest BCUT2D eigenvalue weighted by molar-refractivity contribution is 5.77. The van der Waals surface area contributed by atoms with Crippen LogP contribution in [-0.2, 0) is 9.53 Å². The lowest BCUT2D eigenvalue weighted by atomic mass is 9.49. The van der Waals surface area contributed by atoms with E-state index in [1.807, 2.05) is 0 Å². The van der Waals surface area contributed by atoms with Gasteiger partial charge in [-0.05, 0) is 82.5 Å². The Morgan fingerprint density at radius 1 is 1.15 bits per heavy atom. The van der Waals surface area contributed by atoms with E-state index in [0.717, 1.165) is 56.3 Å². The van der Waals surface area contributed by atoms with E-state index < -0.39 is 0 Å². The van der Waals surface area contributed by atoms with Gasteiger partial charge in [0.05, 0.1) is 18.1 Å². The van der Waals surface area contributed by atoms with Crippen molar-refractivity contribution in [1.82, 2.24) is 0 Å². The van der Waals surface area contributed by atoms with Gasteiger partial charge in [-0.25, -0.2) is 0 Å². The first-order valence-electron chi connectivity index (χ1n) is 8.43. The molecule has 0 aliphatic heterocycles. The highest BCUT2D eigenvalue weighted by atomic mass is 16.5. The van der Waals surface area contributed by atoms with E-state index in [-0.39, 0.29) is 17.5 Å². The van der Waals surface area contributed by atoms with Crippen molar-refractivity contribution in [3.63, 3.8) is 0 Å². The van der Waals surface area contributed by atoms with E-state index in [0.29, 0.717) is 6.61 Å². The molecule has 3 heteroatoms. The molecule has 1 N–H and O–H groups in total. The summed E-state index contributed by atoms with van der Waals surface area (Å²) in [4.78, 5) is 12.5. The normalized spacial score (nSPS) is 39.8. The fraction of sp³-hybridized carbons (Fsp3) is 0.941. The number of rotatable bonds is 6. The molecule has 3 nitrogen and oxygen atoms in total. The van der Waals surface area contributed by atoms with Gasteiger partial charge in [-0.1, -0.05) is 0 Å². The molecule has 4 rings (SSSR count). The minimum Gasteiger partial charge on any atom is -0.465 e. The second-order valence-corrected chi connectivity index (χ2v) is 7.68. The number of unbranched alkanes of at least 4 members (excludes halogenated alkanes) is 1. The average molecular weight is 280 g/mol. The maximum atomic E-state index is 12.5. The van der Waals surface area contributed by atoms with Crippen molar-refractivity contribution in [2.24, 2.45) is 23.2 Å². The summed E-state index contributed by atoms with van der Waals surface area (Å²) in [5.41, 5.74) is -0.112. The number of carbonyl (C=O) groups is 1. The first kappa shape index (κ1) is 14.4. The van der Waals surface area contributed by atoms with E-state index in [1.165, 1.54) is 19.3 Å². The quantitative estimate of drug-likeness (QED) is 0.600. The second-order valence-electron chi connectivity index (χ2n) is 7.68. The van der Waals surface area contributed by atoms with Gasteiger partial charge in [0, 0.05) is 0 Å². The molecule has 0 aromatic rings. The number of aliphatic hydroxyl groups excluding tert-OH is 1. The first-order valence-corrected chi connectivity index (χ1v) is 8.43. The summed E-state index contributed by atoms with van der Waals surface area (Å²) in [7, 11) is 0. The van der Waals surface area contributed by atoms with E-state index in [4.69, 9.17) is 4.74 Å². The molecule has 0 heterocycles. The molecule has 4 saturated carbocycles. The molecule has 0 amide bonds. The molecule has 20 heavy (non-hydrogen) atoms. The van der Waals surface area contributed by atoms with Crippen LogP contribution in [0.25, 0.3) is 0 Å². The summed E-state index contributed by atoms with van der Waals surface area (Å²) in [5, 5.41) is 9.21. The third-order valence-electron chi connectivity index (χ3n) is 5.72. The van der Waals surface area contributed by atoms with Crippen LogP contribution in [0.2, 0.25) is 0 Å². The zero-order valence-electron chi connectivity index (χ0n) is 12.6. The Balaban J connectivity index is 1.47. The molecular weight excluding hydrogens is 252 g/mol. The molecule has 4 aliphatic carbocycles. The van der Waals surface area contributed by atoms with E-state index in [9.17, 15) is 9.90 Å². The topological polar surface area (TPSA) is 46.5 Å². The Morgan fingerprint density at radius 3 is 2.20 bits per heavy atom. The van der Waals surface area contributed by atoms with Gasteiger partial charge in [0.15, 0.2) is 0 Å². The number of carbonyl (C=O) groups excluding carboxylic acids is 1. The second kappa shape index (κ2) is 5.67. The molecule has 0 aromatic carbocycles. The van der Waals surface area contributed by atoms with Gasteiger partial charge in [0.2, 0.25) is 0 Å². The van der Waals surface area contributed by atoms with Crippen LogP contribution >= 0.6 is 0 Å². The number of aliphatic hydroxyl groups is 1. The van der Waals surface area contributed by atoms with Gasteiger partial charge in [-0.3, -0.25) is 4.79 Å². The predicted molar refractivity (Wildman–Crippen MR) is 77.1 cm³/mol. The fourth-order valence-electron chi connectivity index (χ4n) is 5.22. The van der Waals surface area contributed by atoms with Crippen molar-refractivity contribution in [3.05, 3.63) is 0 Å². The maximum Gasteiger partial charge on any atom is 0.312 e. The third-order valence-corrected chi connectivity index (χ3v) is 5.72. The van der Waals surface area contributed by atoms with Crippen molar-refractivity contribution in [2.75, 3.05) is 6.61 Å². The summed E-state index contributed by atoms with van der Waals surface area (Å²) in [6.45, 7) is 2.34. The van der Waals surface area contributed by atoms with Crippen LogP contribution in [0.15, 0.2) is 0 Å². The van der Waals surface area contributed by atoms with Crippen molar-refractivity contribution < 1.29 is 14.6 Å². The predicted octanol–water partition coefficient (Wildman–Crippen LogP) is 3.30. The maximum absolute atomic E-state index is 12.5. The highest BCUT2D eigenvalue weighted by Crippen LogP contribution is 2.60. The van der Waals surface area contributed by atoms with Crippen molar-refractivity contribution in [1.29, 1.82) is 0 Å². The van der Waals surface area contributed by atoms with E-state index in [2.05, 4.69) is 0 Å². The molecule has 0 saturated heterocycles. The third kappa shape index (κ3) is 2.88. The standard InChI is InChI=1S/C17H28O3/c1-12(18)4-2-3-5-20-16(19)17-9-13-6-14(10-17)8-15(7-13)11-17/h12-15,18H,2-11H2,1H3. The van der Waals surface area contributed by atoms with Gasteiger partial charge >= 0.3 is 5.97 Å². The van der Waals surface area contributed by atoms with Crippen molar-refractivity contribution in [2.45, 2.75) is 70.8 Å². The molecule has 4 aliphatic rings. The fourth-order valence-corrected chi connectivity index (χ4v) is 5.22. The lowest BCUT2D eigenvalue weighted by Gasteiger charge is -2.55. The lowest BCUT2D eigenvalue weighted by Crippen LogP contribution is -2.50. The van der Waals surface area contributed by atoms with E-state index in [1.54, 1.807) is 6.92 Å². The Labute approximate surface area is 122 Å². The molecular formula is C17H28O3. The minimum atomic E-state index is -0.242. The monoisotopic (exact) mass is 280 g/mol. The van der Waals surface area contributed by atoms with Gasteiger partial charge in [-0.15, -0.1) is 0 Å². The summed E-state index contributed by atoms with van der Waals surface area (Å²) in [6, 6.07) is 0. The Morgan fingerprint density at radius 2 is 1.70 bits per heavy atom. The van der Waals surface area contributed by atoms with Gasteiger partial charge in [0.1, 0.15) is 0 Å². The molecule has 1 atom stereocenters. The van der Waals surface area contributed by atoms with Gasteiger partial charge in [-0.2, -0.15) is 0 Å². The molecule has 4 bridgehead atoms. The molecule has 0 radical (unpaired) electrons. The van der Waals surface area contributed by atoms with Crippen LogP contribution in [0.4, 0.5) is 0 Å². The van der Waals surface area contributed by atoms with Crippen LogP contribution in [0.3, 0.4) is 0 Å². The lowest BCUT2D eigenvalue weighted by molar-refractivity contribution is -0.171. The molecule has 4 fully saturated rings. The van der Waals surface area contributed by atoms with Crippen LogP contribution in [0.1, 0.15) is 64.7 Å². The summed E-state index contributed by atoms with van der Waals surface area (Å²) in [6.07, 6.45) is 9.73. The Kier molecular flexibility index (Phi) is 4.07. The van der Waals surface area contributed by atoms with Crippen molar-refractivity contribution in [3.8, 4) is 0 Å². The number of ether oxygens (including phenoxy) is 1. The van der Waals surface area contributed by atoms with Gasteiger partial charge < -0.3 is 9.84 Å². The molecule has 1 unspecified atom stereocenters. The number of hydrogen-bond acceptors (Lipinski definition) is 3. The minimum absolute atomic E-state index is 0.0913. The van der Waals surface area contributed by atoms with Crippen LogP contribution < -0.4 is 0 Å². The van der Waals surface area contributed by atoms with Crippen molar-refractivity contribution >= 4 is 5.97 Å². The molecule has 114 valence electrons. The largest absolute Gasteiger partial charge is 0.465 e. The molecule has 0 spiro atoms.